The van der Waals surface area contributed by atoms with Crippen molar-refractivity contribution >= 4 is 27.5 Å². The molecule has 5 nitrogen and oxygen atoms in total. The first-order chi connectivity index (χ1) is 13.0. The predicted octanol–water partition coefficient (Wildman–Crippen LogP) is 3.83. The molecule has 2 aromatic rings. The third-order valence-corrected chi connectivity index (χ3v) is 6.55. The lowest BCUT2D eigenvalue weighted by molar-refractivity contribution is 0.0761. The monoisotopic (exact) mass is 406 g/mol. The molecular weight excluding hydrogens is 384 g/mol. The zero-order valence-corrected chi connectivity index (χ0v) is 16.6. The van der Waals surface area contributed by atoms with Crippen LogP contribution < -0.4 is 4.72 Å². The Hall–Kier alpha value is -1.89. The molecule has 0 aliphatic carbocycles. The Morgan fingerprint density at radius 3 is 2.33 bits per heavy atom. The fraction of sp³-hybridized carbons (Fsp3) is 0.350. The number of likely N-dealkylation sites (tertiary alicyclic amines) is 1. The number of amides is 1. The summed E-state index contributed by atoms with van der Waals surface area (Å²) < 4.78 is 28.0. The van der Waals surface area contributed by atoms with Crippen LogP contribution in [0.5, 0.6) is 0 Å². The van der Waals surface area contributed by atoms with Gasteiger partial charge in [0.25, 0.3) is 5.91 Å². The van der Waals surface area contributed by atoms with Gasteiger partial charge in [0, 0.05) is 25.2 Å². The van der Waals surface area contributed by atoms with E-state index in [9.17, 15) is 13.2 Å². The SMILES string of the molecule is O=C(c1ccc(Cl)c(S(=O)(=O)NCc2ccccc2)c1)N1CCCCCC1. The molecule has 144 valence electrons. The third-order valence-electron chi connectivity index (χ3n) is 4.67. The lowest BCUT2D eigenvalue weighted by Crippen LogP contribution is -2.32. The molecule has 1 aliphatic rings. The molecule has 1 fully saturated rings. The maximum Gasteiger partial charge on any atom is 0.253 e. The van der Waals surface area contributed by atoms with Gasteiger partial charge < -0.3 is 4.90 Å². The molecule has 0 aromatic heterocycles. The molecule has 2 aromatic carbocycles. The first-order valence-corrected chi connectivity index (χ1v) is 11.0. The van der Waals surface area contributed by atoms with E-state index >= 15 is 0 Å². The highest BCUT2D eigenvalue weighted by molar-refractivity contribution is 7.89. The number of nitrogens with zero attached hydrogens (tertiary/aromatic N) is 1. The van der Waals surface area contributed by atoms with Crippen LogP contribution in [0.2, 0.25) is 5.02 Å². The molecule has 27 heavy (non-hydrogen) atoms. The Morgan fingerprint density at radius 2 is 1.67 bits per heavy atom. The maximum atomic E-state index is 12.8. The number of halogens is 1. The average Bonchev–Trinajstić information content (AvgIpc) is 2.96. The molecule has 1 heterocycles. The summed E-state index contributed by atoms with van der Waals surface area (Å²) in [7, 11) is -3.84. The summed E-state index contributed by atoms with van der Waals surface area (Å²) >= 11 is 6.13. The summed E-state index contributed by atoms with van der Waals surface area (Å²) in [6.07, 6.45) is 4.19. The minimum atomic E-state index is -3.84. The van der Waals surface area contributed by atoms with Gasteiger partial charge in [-0.2, -0.15) is 0 Å². The zero-order chi connectivity index (χ0) is 19.3. The van der Waals surface area contributed by atoms with Crippen molar-refractivity contribution in [2.24, 2.45) is 0 Å². The topological polar surface area (TPSA) is 66.5 Å². The molecule has 3 rings (SSSR count). The molecule has 1 N–H and O–H groups in total. The van der Waals surface area contributed by atoms with Crippen molar-refractivity contribution in [3.8, 4) is 0 Å². The number of hydrogen-bond donors (Lipinski definition) is 1. The number of nitrogens with one attached hydrogen (secondary N) is 1. The van der Waals surface area contributed by atoms with E-state index in [2.05, 4.69) is 4.72 Å². The molecule has 1 amide bonds. The van der Waals surface area contributed by atoms with E-state index in [1.54, 1.807) is 11.0 Å². The van der Waals surface area contributed by atoms with E-state index in [0.29, 0.717) is 18.7 Å². The largest absolute Gasteiger partial charge is 0.339 e. The highest BCUT2D eigenvalue weighted by atomic mass is 35.5. The summed E-state index contributed by atoms with van der Waals surface area (Å²) in [4.78, 5) is 14.5. The van der Waals surface area contributed by atoms with E-state index < -0.39 is 10.0 Å². The number of rotatable bonds is 5. The molecular formula is C20H23ClN2O3S. The molecule has 7 heteroatoms. The Balaban J connectivity index is 1.80. The first-order valence-electron chi connectivity index (χ1n) is 9.10. The summed E-state index contributed by atoms with van der Waals surface area (Å²) in [5.41, 5.74) is 1.19. The van der Waals surface area contributed by atoms with Crippen molar-refractivity contribution in [2.45, 2.75) is 37.1 Å². The highest BCUT2D eigenvalue weighted by Gasteiger charge is 2.23. The summed E-state index contributed by atoms with van der Waals surface area (Å²) in [5.74, 6) is -0.145. The lowest BCUT2D eigenvalue weighted by atomic mass is 10.2. The van der Waals surface area contributed by atoms with E-state index in [1.807, 2.05) is 30.3 Å². The van der Waals surface area contributed by atoms with Crippen LogP contribution in [-0.2, 0) is 16.6 Å². The van der Waals surface area contributed by atoms with Crippen molar-refractivity contribution in [1.82, 2.24) is 9.62 Å². The Morgan fingerprint density at radius 1 is 1.00 bits per heavy atom. The smallest absolute Gasteiger partial charge is 0.253 e. The van der Waals surface area contributed by atoms with Crippen LogP contribution in [0.25, 0.3) is 0 Å². The summed E-state index contributed by atoms with van der Waals surface area (Å²) in [6, 6.07) is 13.7. The predicted molar refractivity (Wildman–Crippen MR) is 106 cm³/mol. The second-order valence-electron chi connectivity index (χ2n) is 6.66. The number of carbonyl (C=O) groups is 1. The number of carbonyl (C=O) groups excluding carboxylic acids is 1. The maximum absolute atomic E-state index is 12.8. The molecule has 1 saturated heterocycles. The fourth-order valence-electron chi connectivity index (χ4n) is 3.15. The Labute approximate surface area is 165 Å². The average molecular weight is 407 g/mol. The van der Waals surface area contributed by atoms with Gasteiger partial charge >= 0.3 is 0 Å². The van der Waals surface area contributed by atoms with Crippen LogP contribution in [0, 0.1) is 0 Å². The fourth-order valence-corrected chi connectivity index (χ4v) is 4.69. The number of hydrogen-bond acceptors (Lipinski definition) is 3. The Kier molecular flexibility index (Phi) is 6.52. The van der Waals surface area contributed by atoms with Gasteiger partial charge in [-0.05, 0) is 36.6 Å². The molecule has 0 atom stereocenters. The van der Waals surface area contributed by atoms with Crippen LogP contribution in [0.3, 0.4) is 0 Å². The molecule has 0 bridgehead atoms. The standard InChI is InChI=1S/C20H23ClN2O3S/c21-18-11-10-17(20(24)23-12-6-1-2-7-13-23)14-19(18)27(25,26)22-15-16-8-4-3-5-9-16/h3-5,8-11,14,22H,1-2,6-7,12-13,15H2. The van der Waals surface area contributed by atoms with Crippen LogP contribution in [0.1, 0.15) is 41.6 Å². The minimum absolute atomic E-state index is 0.0687. The van der Waals surface area contributed by atoms with Gasteiger partial charge in [-0.1, -0.05) is 54.8 Å². The highest BCUT2D eigenvalue weighted by Crippen LogP contribution is 2.24. The van der Waals surface area contributed by atoms with Crippen molar-refractivity contribution in [3.63, 3.8) is 0 Å². The molecule has 0 unspecified atom stereocenters. The zero-order valence-electron chi connectivity index (χ0n) is 15.0. The van der Waals surface area contributed by atoms with Crippen LogP contribution in [0.15, 0.2) is 53.4 Å². The van der Waals surface area contributed by atoms with E-state index in [1.165, 1.54) is 12.1 Å². The third kappa shape index (κ3) is 5.09. The van der Waals surface area contributed by atoms with Gasteiger partial charge in [0.05, 0.1) is 5.02 Å². The van der Waals surface area contributed by atoms with Gasteiger partial charge in [0.1, 0.15) is 4.90 Å². The van der Waals surface area contributed by atoms with Crippen LogP contribution in [-0.4, -0.2) is 32.3 Å². The van der Waals surface area contributed by atoms with Crippen molar-refractivity contribution in [2.75, 3.05) is 13.1 Å². The van der Waals surface area contributed by atoms with Gasteiger partial charge in [0.2, 0.25) is 10.0 Å². The van der Waals surface area contributed by atoms with E-state index in [4.69, 9.17) is 11.6 Å². The van der Waals surface area contributed by atoms with Crippen LogP contribution in [0.4, 0.5) is 0 Å². The molecule has 0 radical (unpaired) electrons. The second kappa shape index (κ2) is 8.87. The first kappa shape index (κ1) is 19.9. The quantitative estimate of drug-likeness (QED) is 0.820. The second-order valence-corrected chi connectivity index (χ2v) is 8.80. The number of sulfonamides is 1. The van der Waals surface area contributed by atoms with Crippen molar-refractivity contribution < 1.29 is 13.2 Å². The summed E-state index contributed by atoms with van der Waals surface area (Å²) in [6.45, 7) is 1.56. The molecule has 0 spiro atoms. The van der Waals surface area contributed by atoms with Gasteiger partial charge in [-0.15, -0.1) is 0 Å². The molecule has 1 aliphatic heterocycles. The Bertz CT molecular complexity index is 893. The summed E-state index contributed by atoms with van der Waals surface area (Å²) in [5, 5.41) is 0.1000. The van der Waals surface area contributed by atoms with Crippen LogP contribution >= 0.6 is 11.6 Å². The van der Waals surface area contributed by atoms with Crippen molar-refractivity contribution in [3.05, 3.63) is 64.7 Å². The minimum Gasteiger partial charge on any atom is -0.339 e. The van der Waals surface area contributed by atoms with Gasteiger partial charge in [-0.3, -0.25) is 4.79 Å². The van der Waals surface area contributed by atoms with Gasteiger partial charge in [-0.25, -0.2) is 13.1 Å². The number of benzene rings is 2. The molecule has 0 saturated carbocycles. The van der Waals surface area contributed by atoms with E-state index in [-0.39, 0.29) is 22.4 Å². The van der Waals surface area contributed by atoms with Crippen molar-refractivity contribution in [1.29, 1.82) is 0 Å². The lowest BCUT2D eigenvalue weighted by Gasteiger charge is -2.20. The van der Waals surface area contributed by atoms with Gasteiger partial charge in [0.15, 0.2) is 0 Å². The van der Waals surface area contributed by atoms with E-state index in [0.717, 1.165) is 31.2 Å². The normalized spacial score (nSPS) is 15.4.